The Morgan fingerprint density at radius 3 is 2.29 bits per heavy atom. The normalized spacial score (nSPS) is 10.5. The first-order valence-electron chi connectivity index (χ1n) is 8.53. The van der Waals surface area contributed by atoms with Crippen molar-refractivity contribution in [3.63, 3.8) is 0 Å². The van der Waals surface area contributed by atoms with E-state index in [1.54, 1.807) is 61.7 Å². The predicted octanol–water partition coefficient (Wildman–Crippen LogP) is 2.91. The Balaban J connectivity index is 2.12. The zero-order valence-corrected chi connectivity index (χ0v) is 16.4. The van der Waals surface area contributed by atoms with E-state index in [0.29, 0.717) is 10.6 Å². The van der Waals surface area contributed by atoms with Gasteiger partial charge < -0.3 is 15.0 Å². The van der Waals surface area contributed by atoms with Crippen molar-refractivity contribution in [2.45, 2.75) is 6.54 Å². The lowest BCUT2D eigenvalue weighted by Gasteiger charge is -2.20. The van der Waals surface area contributed by atoms with Gasteiger partial charge in [0, 0.05) is 30.3 Å². The number of esters is 1. The molecule has 1 N–H and O–H groups in total. The van der Waals surface area contributed by atoms with E-state index >= 15 is 0 Å². The molecule has 2 aromatic rings. The van der Waals surface area contributed by atoms with Gasteiger partial charge in [0.05, 0.1) is 7.11 Å². The van der Waals surface area contributed by atoms with Crippen LogP contribution >= 0.6 is 11.6 Å². The third-order valence-corrected chi connectivity index (χ3v) is 4.22. The van der Waals surface area contributed by atoms with Gasteiger partial charge in [-0.1, -0.05) is 35.9 Å². The van der Waals surface area contributed by atoms with Crippen molar-refractivity contribution in [1.82, 2.24) is 10.2 Å². The number of amides is 2. The topological polar surface area (TPSA) is 75.7 Å². The number of hydrogen-bond acceptors (Lipinski definition) is 4. The molecule has 0 atom stereocenters. The van der Waals surface area contributed by atoms with Gasteiger partial charge >= 0.3 is 5.97 Å². The Labute approximate surface area is 168 Å². The highest BCUT2D eigenvalue weighted by Crippen LogP contribution is 2.13. The van der Waals surface area contributed by atoms with Gasteiger partial charge in [0.1, 0.15) is 6.54 Å². The number of rotatable bonds is 7. The zero-order valence-electron chi connectivity index (χ0n) is 15.6. The van der Waals surface area contributed by atoms with Crippen molar-refractivity contribution < 1.29 is 19.1 Å². The summed E-state index contributed by atoms with van der Waals surface area (Å²) in [7, 11) is 2.84. The largest absolute Gasteiger partial charge is 0.468 e. The number of nitrogens with one attached hydrogen (secondary N) is 1. The molecule has 2 rings (SSSR count). The molecule has 0 saturated carbocycles. The number of hydrogen-bond donors (Lipinski definition) is 1. The van der Waals surface area contributed by atoms with Crippen molar-refractivity contribution in [1.29, 1.82) is 0 Å². The smallest absolute Gasteiger partial charge is 0.325 e. The van der Waals surface area contributed by atoms with Crippen LogP contribution in [0.15, 0.2) is 54.6 Å². The lowest BCUT2D eigenvalue weighted by molar-refractivity contribution is -0.145. The van der Waals surface area contributed by atoms with E-state index in [0.717, 1.165) is 11.1 Å². The van der Waals surface area contributed by atoms with Crippen LogP contribution < -0.4 is 5.32 Å². The van der Waals surface area contributed by atoms with Crippen molar-refractivity contribution in [2.75, 3.05) is 20.7 Å². The van der Waals surface area contributed by atoms with Crippen LogP contribution in [0.1, 0.15) is 21.5 Å². The molecule has 2 aromatic carbocycles. The Morgan fingerprint density at radius 1 is 1.07 bits per heavy atom. The number of nitrogens with zero attached hydrogens (tertiary/aromatic N) is 1. The molecule has 146 valence electrons. The van der Waals surface area contributed by atoms with Crippen LogP contribution in [0.5, 0.6) is 0 Å². The van der Waals surface area contributed by atoms with Crippen LogP contribution in [0.25, 0.3) is 6.08 Å². The summed E-state index contributed by atoms with van der Waals surface area (Å²) in [6, 6.07) is 13.8. The van der Waals surface area contributed by atoms with E-state index in [9.17, 15) is 14.4 Å². The summed E-state index contributed by atoms with van der Waals surface area (Å²) in [5.41, 5.74) is 2.12. The van der Waals surface area contributed by atoms with Gasteiger partial charge in [-0.25, -0.2) is 0 Å². The number of carbonyl (C=O) groups is 3. The molecule has 0 bridgehead atoms. The van der Waals surface area contributed by atoms with Gasteiger partial charge in [0.25, 0.3) is 5.91 Å². The average molecular weight is 401 g/mol. The number of halogens is 1. The van der Waals surface area contributed by atoms with Gasteiger partial charge in [-0.15, -0.1) is 0 Å². The number of benzene rings is 2. The number of carbonyl (C=O) groups excluding carboxylic acids is 3. The van der Waals surface area contributed by atoms with Crippen LogP contribution in [-0.4, -0.2) is 43.4 Å². The lowest BCUT2D eigenvalue weighted by Crippen LogP contribution is -2.34. The van der Waals surface area contributed by atoms with Crippen LogP contribution in [0.3, 0.4) is 0 Å². The predicted molar refractivity (Wildman–Crippen MR) is 108 cm³/mol. The minimum atomic E-state index is -0.509. The van der Waals surface area contributed by atoms with Crippen LogP contribution in [0.2, 0.25) is 5.02 Å². The molecule has 0 aliphatic rings. The van der Waals surface area contributed by atoms with Gasteiger partial charge in [-0.3, -0.25) is 14.4 Å². The van der Waals surface area contributed by atoms with Gasteiger partial charge in [0.2, 0.25) is 5.91 Å². The van der Waals surface area contributed by atoms with Crippen LogP contribution in [-0.2, 0) is 20.9 Å². The molecule has 2 amide bonds. The summed E-state index contributed by atoms with van der Waals surface area (Å²) in [5, 5.41) is 3.14. The summed E-state index contributed by atoms with van der Waals surface area (Å²) in [4.78, 5) is 37.2. The Morgan fingerprint density at radius 2 is 1.71 bits per heavy atom. The summed E-state index contributed by atoms with van der Waals surface area (Å²) in [5.74, 6) is -1.03. The van der Waals surface area contributed by atoms with Gasteiger partial charge in [-0.2, -0.15) is 0 Å². The van der Waals surface area contributed by atoms with E-state index in [2.05, 4.69) is 10.1 Å². The fourth-order valence-electron chi connectivity index (χ4n) is 2.41. The van der Waals surface area contributed by atoms with Crippen molar-refractivity contribution in [3.8, 4) is 0 Å². The molecule has 0 saturated heterocycles. The molecular formula is C21H21ClN2O4. The van der Waals surface area contributed by atoms with Crippen molar-refractivity contribution in [2.24, 2.45) is 0 Å². The maximum atomic E-state index is 12.6. The summed E-state index contributed by atoms with van der Waals surface area (Å²) < 4.78 is 4.68. The molecule has 0 aliphatic heterocycles. The highest BCUT2D eigenvalue weighted by Gasteiger charge is 2.16. The highest BCUT2D eigenvalue weighted by molar-refractivity contribution is 6.30. The lowest BCUT2D eigenvalue weighted by atomic mass is 10.1. The van der Waals surface area contributed by atoms with E-state index < -0.39 is 5.97 Å². The monoisotopic (exact) mass is 400 g/mol. The first-order chi connectivity index (χ1) is 13.4. The summed E-state index contributed by atoms with van der Waals surface area (Å²) in [6.07, 6.45) is 3.01. The Kier molecular flexibility index (Phi) is 7.77. The van der Waals surface area contributed by atoms with Gasteiger partial charge in [0.15, 0.2) is 0 Å². The van der Waals surface area contributed by atoms with E-state index in [1.165, 1.54) is 18.1 Å². The molecule has 28 heavy (non-hydrogen) atoms. The van der Waals surface area contributed by atoms with Crippen LogP contribution in [0.4, 0.5) is 0 Å². The Bertz CT molecular complexity index is 861. The maximum absolute atomic E-state index is 12.6. The third kappa shape index (κ3) is 6.25. The van der Waals surface area contributed by atoms with Crippen molar-refractivity contribution >= 4 is 35.5 Å². The van der Waals surface area contributed by atoms with E-state index in [4.69, 9.17) is 11.6 Å². The molecule has 0 spiro atoms. The second-order valence-corrected chi connectivity index (χ2v) is 6.37. The zero-order chi connectivity index (χ0) is 20.5. The minimum absolute atomic E-state index is 0.169. The summed E-state index contributed by atoms with van der Waals surface area (Å²) in [6.45, 7) is 0.0724. The fraction of sp³-hybridized carbons (Fsp3) is 0.190. The minimum Gasteiger partial charge on any atom is -0.468 e. The quantitative estimate of drug-likeness (QED) is 0.572. The number of ether oxygens (including phenoxy) is 1. The standard InChI is InChI=1S/C21H21ClN2O4/c1-23-21(27)17-8-3-15(4-9-17)7-12-19(25)24(14-20(26)28-2)13-16-5-10-18(22)11-6-16/h3-12H,13-14H2,1-2H3,(H,23,27). The average Bonchev–Trinajstić information content (AvgIpc) is 2.72. The summed E-state index contributed by atoms with van der Waals surface area (Å²) >= 11 is 5.88. The van der Waals surface area contributed by atoms with E-state index in [-0.39, 0.29) is 24.9 Å². The molecule has 0 aliphatic carbocycles. The molecule has 0 radical (unpaired) electrons. The first-order valence-corrected chi connectivity index (χ1v) is 8.91. The Hall–Kier alpha value is -3.12. The number of methoxy groups -OCH3 is 1. The molecule has 6 nitrogen and oxygen atoms in total. The second-order valence-electron chi connectivity index (χ2n) is 5.93. The van der Waals surface area contributed by atoms with Crippen LogP contribution in [0, 0.1) is 0 Å². The SMILES string of the molecule is CNC(=O)c1ccc(C=CC(=O)N(CC(=O)OC)Cc2ccc(Cl)cc2)cc1. The molecular weight excluding hydrogens is 380 g/mol. The molecule has 0 aromatic heterocycles. The fourth-order valence-corrected chi connectivity index (χ4v) is 2.53. The molecule has 0 unspecified atom stereocenters. The molecule has 0 heterocycles. The first kappa shape index (κ1) is 21.2. The maximum Gasteiger partial charge on any atom is 0.325 e. The third-order valence-electron chi connectivity index (χ3n) is 3.96. The van der Waals surface area contributed by atoms with Crippen molar-refractivity contribution in [3.05, 3.63) is 76.3 Å². The second kappa shape index (κ2) is 10.3. The molecule has 0 fully saturated rings. The molecule has 7 heteroatoms. The van der Waals surface area contributed by atoms with E-state index in [1.807, 2.05) is 0 Å². The highest BCUT2D eigenvalue weighted by atomic mass is 35.5. The van der Waals surface area contributed by atoms with Gasteiger partial charge in [-0.05, 0) is 41.5 Å².